The molecule has 3 heteroatoms. The first kappa shape index (κ1) is 9.19. The van der Waals surface area contributed by atoms with Crippen molar-refractivity contribution in [2.24, 2.45) is 0 Å². The molecule has 1 rings (SSSR count). The van der Waals surface area contributed by atoms with Gasteiger partial charge in [0, 0.05) is 12.5 Å². The fourth-order valence-electron chi connectivity index (χ4n) is 0.993. The molecule has 0 amide bonds. The molecule has 66 valence electrons. The Kier molecular flexibility index (Phi) is 3.22. The van der Waals surface area contributed by atoms with Crippen LogP contribution in [0, 0.1) is 0 Å². The predicted molar refractivity (Wildman–Crippen MR) is 45.7 cm³/mol. The quantitative estimate of drug-likeness (QED) is 0.313. The van der Waals surface area contributed by atoms with Gasteiger partial charge in [0.15, 0.2) is 0 Å². The molecule has 0 spiro atoms. The minimum atomic E-state index is -0.434. The average Bonchev–Trinajstić information content (AvgIpc) is 2.17. The van der Waals surface area contributed by atoms with Crippen LogP contribution >= 0.6 is 0 Å². The van der Waals surface area contributed by atoms with E-state index in [1.807, 2.05) is 30.3 Å². The molecule has 3 nitrogen and oxygen atoms in total. The molecule has 0 fully saturated rings. The van der Waals surface area contributed by atoms with Gasteiger partial charge in [0.25, 0.3) is 6.79 Å². The van der Waals surface area contributed by atoms with Crippen molar-refractivity contribution < 1.29 is 14.9 Å². The van der Waals surface area contributed by atoms with Gasteiger partial charge in [-0.05, 0) is 0 Å². The van der Waals surface area contributed by atoms with E-state index in [0.717, 1.165) is 5.56 Å². The molecule has 0 saturated heterocycles. The molecular weight excluding hydrogens is 156 g/mol. The van der Waals surface area contributed by atoms with Gasteiger partial charge in [-0.15, -0.1) is 5.26 Å². The van der Waals surface area contributed by atoms with Gasteiger partial charge in [-0.25, -0.2) is 4.52 Å². The Morgan fingerprint density at radius 1 is 1.33 bits per heavy atom. The van der Waals surface area contributed by atoms with E-state index < -0.39 is 6.79 Å². The van der Waals surface area contributed by atoms with Crippen LogP contribution in [-0.2, 0) is 4.52 Å². The minimum absolute atomic E-state index is 0.254. The number of hydrogen-bond donors (Lipinski definition) is 2. The summed E-state index contributed by atoms with van der Waals surface area (Å²) >= 11 is 0. The van der Waals surface area contributed by atoms with Crippen LogP contribution in [0.3, 0.4) is 0 Å². The molecule has 1 atom stereocenters. The lowest BCUT2D eigenvalue weighted by Crippen LogP contribution is -2.15. The van der Waals surface area contributed by atoms with Gasteiger partial charge in [-0.2, -0.15) is 0 Å². The topological polar surface area (TPSA) is 43.2 Å². The lowest BCUT2D eigenvalue weighted by Gasteiger charge is -2.13. The Balaban J connectivity index is 2.71. The van der Waals surface area contributed by atoms with E-state index >= 15 is 0 Å². The Morgan fingerprint density at radius 2 is 1.92 bits per heavy atom. The lowest BCUT2D eigenvalue weighted by atomic mass is 10.1. The zero-order valence-electron chi connectivity index (χ0n) is 6.97. The van der Waals surface area contributed by atoms with Crippen molar-refractivity contribution in [1.82, 2.24) is 0 Å². The van der Waals surface area contributed by atoms with Crippen LogP contribution < -0.4 is 0 Å². The summed E-state index contributed by atoms with van der Waals surface area (Å²) in [5, 5.41) is 17.7. The second kappa shape index (κ2) is 4.21. The summed E-state index contributed by atoms with van der Waals surface area (Å²) in [6.07, 6.45) is -0.254. The fraction of sp³-hybridized carbons (Fsp3) is 0.333. The maximum atomic E-state index is 9.08. The molecule has 0 aliphatic carbocycles. The van der Waals surface area contributed by atoms with Crippen LogP contribution in [0.5, 0.6) is 0 Å². The molecule has 2 N–H and O–H groups in total. The third kappa shape index (κ3) is 2.04. The Hall–Kier alpha value is -0.900. The summed E-state index contributed by atoms with van der Waals surface area (Å²) in [6.45, 7) is 1.35. The molecule has 1 aromatic carbocycles. The Bertz CT molecular complexity index is 222. The average molecular weight is 169 g/mol. The summed E-state index contributed by atoms with van der Waals surface area (Å²) in [4.78, 5) is 0. The van der Waals surface area contributed by atoms with Gasteiger partial charge in [-0.3, -0.25) is 0 Å². The highest BCUT2D eigenvalue weighted by Gasteiger charge is 2.18. The molecule has 0 radical (unpaired) electrons. The first-order valence-corrected chi connectivity index (χ1v) is 3.80. The predicted octanol–water partition coefficient (Wildman–Crippen LogP) is 1.72. The zero-order chi connectivity index (χ0) is 8.97. The summed E-state index contributed by atoms with van der Waals surface area (Å²) in [6, 6.07) is 9.45. The lowest BCUT2D eigenvalue weighted by molar-refractivity contribution is -0.487. The van der Waals surface area contributed by atoms with E-state index in [1.54, 1.807) is 11.4 Å². The van der Waals surface area contributed by atoms with Crippen molar-refractivity contribution in [2.45, 2.75) is 13.0 Å². The van der Waals surface area contributed by atoms with Crippen molar-refractivity contribution in [2.75, 3.05) is 6.79 Å². The third-order valence-corrected chi connectivity index (χ3v) is 1.81. The Labute approximate surface area is 71.5 Å². The highest BCUT2D eigenvalue weighted by molar-refractivity contribution is 5.16. The molecule has 0 saturated carbocycles. The van der Waals surface area contributed by atoms with Crippen LogP contribution in [0.4, 0.5) is 0 Å². The molecule has 0 heterocycles. The fourth-order valence-corrected chi connectivity index (χ4v) is 0.993. The normalized spacial score (nSPS) is 13.3. The maximum Gasteiger partial charge on any atom is 0.291 e. The first-order valence-electron chi connectivity index (χ1n) is 3.80. The van der Waals surface area contributed by atoms with Crippen LogP contribution in [0.25, 0.3) is 0 Å². The van der Waals surface area contributed by atoms with E-state index in [-0.39, 0.29) is 6.10 Å². The van der Waals surface area contributed by atoms with E-state index in [2.05, 4.69) is 0 Å². The maximum absolute atomic E-state index is 9.08. The zero-order valence-corrected chi connectivity index (χ0v) is 6.97. The molecule has 0 aromatic heterocycles. The Morgan fingerprint density at radius 3 is 2.42 bits per heavy atom. The van der Waals surface area contributed by atoms with Gasteiger partial charge in [-0.1, -0.05) is 30.3 Å². The monoisotopic (exact) mass is 169 g/mol. The number of aliphatic hydroxyl groups excluding tert-OH is 1. The minimum Gasteiger partial charge on any atom is -0.328 e. The van der Waals surface area contributed by atoms with E-state index in [0.29, 0.717) is 0 Å². The van der Waals surface area contributed by atoms with E-state index in [1.165, 1.54) is 0 Å². The van der Waals surface area contributed by atoms with Crippen LogP contribution in [0.1, 0.15) is 18.6 Å². The number of benzene rings is 1. The van der Waals surface area contributed by atoms with Crippen molar-refractivity contribution in [3.05, 3.63) is 35.9 Å². The van der Waals surface area contributed by atoms with Crippen molar-refractivity contribution in [3.63, 3.8) is 0 Å². The SMILES string of the molecule is CC(c1ccccc1)[O+](O)CO. The van der Waals surface area contributed by atoms with Gasteiger partial charge < -0.3 is 5.11 Å². The second-order valence-corrected chi connectivity index (χ2v) is 2.58. The van der Waals surface area contributed by atoms with E-state index in [4.69, 9.17) is 10.4 Å². The van der Waals surface area contributed by atoms with Gasteiger partial charge in [0.1, 0.15) is 0 Å². The third-order valence-electron chi connectivity index (χ3n) is 1.81. The molecule has 12 heavy (non-hydrogen) atoms. The van der Waals surface area contributed by atoms with Crippen molar-refractivity contribution in [3.8, 4) is 0 Å². The summed E-state index contributed by atoms with van der Waals surface area (Å²) in [5.41, 5.74) is 0.944. The summed E-state index contributed by atoms with van der Waals surface area (Å²) < 4.78 is 1.66. The molecule has 1 unspecified atom stereocenters. The molecule has 1 aromatic rings. The highest BCUT2D eigenvalue weighted by atomic mass is 17.2. The van der Waals surface area contributed by atoms with Crippen LogP contribution in [0.2, 0.25) is 0 Å². The largest absolute Gasteiger partial charge is 0.328 e. The van der Waals surface area contributed by atoms with Crippen LogP contribution in [-0.4, -0.2) is 17.2 Å². The molecular formula is C9H13O3+. The van der Waals surface area contributed by atoms with Gasteiger partial charge >= 0.3 is 0 Å². The van der Waals surface area contributed by atoms with Crippen molar-refractivity contribution in [1.29, 1.82) is 0 Å². The van der Waals surface area contributed by atoms with Gasteiger partial charge in [0.2, 0.25) is 6.10 Å². The summed E-state index contributed by atoms with van der Waals surface area (Å²) in [5.74, 6) is 0. The second-order valence-electron chi connectivity index (χ2n) is 2.58. The van der Waals surface area contributed by atoms with Gasteiger partial charge in [0.05, 0.1) is 0 Å². The number of rotatable bonds is 3. The smallest absolute Gasteiger partial charge is 0.291 e. The standard InChI is InChI=1S/C9H13O3/c1-8(12(11)7-10)9-5-3-2-4-6-9/h2-6,8,10-11H,7H2,1H3/q+1. The highest BCUT2D eigenvalue weighted by Crippen LogP contribution is 2.19. The number of hydrogen-bond acceptors (Lipinski definition) is 2. The molecule has 0 bridgehead atoms. The van der Waals surface area contributed by atoms with Crippen molar-refractivity contribution >= 4 is 0 Å². The summed E-state index contributed by atoms with van der Waals surface area (Å²) in [7, 11) is 0. The van der Waals surface area contributed by atoms with E-state index in [9.17, 15) is 0 Å². The van der Waals surface area contributed by atoms with Crippen LogP contribution in [0.15, 0.2) is 30.3 Å². The first-order chi connectivity index (χ1) is 5.75. The molecule has 0 aliphatic rings. The number of aliphatic hydroxyl groups is 1. The molecule has 0 aliphatic heterocycles.